The summed E-state index contributed by atoms with van der Waals surface area (Å²) in [6, 6.07) is 7.95. The van der Waals surface area contributed by atoms with Crippen LogP contribution in [0.4, 0.5) is 0 Å². The minimum absolute atomic E-state index is 0.713. The number of halogens is 2. The fourth-order valence-corrected chi connectivity index (χ4v) is 3.24. The molecule has 1 aliphatic rings. The van der Waals surface area contributed by atoms with Gasteiger partial charge in [0.25, 0.3) is 0 Å². The van der Waals surface area contributed by atoms with Gasteiger partial charge in [0.15, 0.2) is 0 Å². The van der Waals surface area contributed by atoms with Gasteiger partial charge in [0, 0.05) is 44.3 Å². The Morgan fingerprint density at radius 3 is 1.71 bits per heavy atom. The second-order valence-electron chi connectivity index (χ2n) is 4.22. The molecule has 0 unspecified atom stereocenters. The zero-order chi connectivity index (χ0) is 11.6. The second-order valence-corrected chi connectivity index (χ2v) is 5.04. The van der Waals surface area contributed by atoms with Crippen LogP contribution in [0.3, 0.4) is 0 Å². The molecule has 0 saturated heterocycles. The molecule has 3 heteroatoms. The lowest BCUT2D eigenvalue weighted by Gasteiger charge is -2.06. The Morgan fingerprint density at radius 2 is 1.18 bits per heavy atom. The number of aromatic amines is 1. The summed E-state index contributed by atoms with van der Waals surface area (Å²) in [7, 11) is 0. The topological polar surface area (TPSA) is 15.8 Å². The van der Waals surface area contributed by atoms with Gasteiger partial charge in [0.05, 0.1) is 0 Å². The van der Waals surface area contributed by atoms with E-state index >= 15 is 0 Å². The number of H-pyrrole nitrogens is 1. The van der Waals surface area contributed by atoms with Crippen molar-refractivity contribution >= 4 is 34.0 Å². The smallest absolute Gasteiger partial charge is 0.0500 e. The standard InChI is InChI=1S/C14H7Cl2N/c15-11-3-1-7-9-5-17-6-10(9)8-2-4-12(16)14(11)13(7)8/h1-6,17H. The number of hydrogen-bond donors (Lipinski definition) is 1. The van der Waals surface area contributed by atoms with E-state index in [2.05, 4.69) is 17.1 Å². The summed E-state index contributed by atoms with van der Waals surface area (Å²) >= 11 is 12.5. The van der Waals surface area contributed by atoms with E-state index in [0.717, 1.165) is 5.39 Å². The molecule has 3 aromatic rings. The third-order valence-corrected chi connectivity index (χ3v) is 4.01. The molecule has 2 aromatic carbocycles. The third-order valence-electron chi connectivity index (χ3n) is 3.38. The van der Waals surface area contributed by atoms with Gasteiger partial charge in [-0.05, 0) is 23.3 Å². The molecule has 0 radical (unpaired) electrons. The zero-order valence-corrected chi connectivity index (χ0v) is 10.2. The van der Waals surface area contributed by atoms with E-state index in [4.69, 9.17) is 23.2 Å². The minimum Gasteiger partial charge on any atom is -0.366 e. The van der Waals surface area contributed by atoms with Crippen molar-refractivity contribution in [1.29, 1.82) is 0 Å². The highest BCUT2D eigenvalue weighted by Crippen LogP contribution is 2.50. The Bertz CT molecular complexity index is 712. The number of aromatic nitrogens is 1. The van der Waals surface area contributed by atoms with E-state index in [1.807, 2.05) is 24.5 Å². The summed E-state index contributed by atoms with van der Waals surface area (Å²) in [5.41, 5.74) is 4.86. The first-order chi connectivity index (χ1) is 8.27. The third kappa shape index (κ3) is 1.06. The number of fused-ring (bicyclic) bond motifs is 3. The van der Waals surface area contributed by atoms with Crippen LogP contribution in [0.2, 0.25) is 10.0 Å². The van der Waals surface area contributed by atoms with E-state index in [9.17, 15) is 0 Å². The largest absolute Gasteiger partial charge is 0.366 e. The Hall–Kier alpha value is -1.44. The molecule has 1 aliphatic carbocycles. The molecule has 4 rings (SSSR count). The van der Waals surface area contributed by atoms with Crippen LogP contribution in [0.1, 0.15) is 0 Å². The molecule has 82 valence electrons. The molecule has 0 saturated carbocycles. The van der Waals surface area contributed by atoms with Gasteiger partial charge in [-0.2, -0.15) is 0 Å². The van der Waals surface area contributed by atoms with Crippen LogP contribution >= 0.6 is 23.2 Å². The number of nitrogens with one attached hydrogen (secondary N) is 1. The highest BCUT2D eigenvalue weighted by Gasteiger charge is 2.23. The number of hydrogen-bond acceptors (Lipinski definition) is 0. The average Bonchev–Trinajstić information content (AvgIpc) is 2.87. The lowest BCUT2D eigenvalue weighted by atomic mass is 10.0. The van der Waals surface area contributed by atoms with Crippen LogP contribution in [-0.2, 0) is 0 Å². The van der Waals surface area contributed by atoms with E-state index in [1.54, 1.807) is 0 Å². The molecule has 1 nitrogen and oxygen atoms in total. The summed E-state index contributed by atoms with van der Waals surface area (Å²) in [4.78, 5) is 3.15. The molecule has 0 atom stereocenters. The predicted molar refractivity (Wildman–Crippen MR) is 72.7 cm³/mol. The number of rotatable bonds is 0. The van der Waals surface area contributed by atoms with Gasteiger partial charge in [-0.3, -0.25) is 0 Å². The summed E-state index contributed by atoms with van der Waals surface area (Å²) in [6.45, 7) is 0. The van der Waals surface area contributed by atoms with Crippen LogP contribution in [-0.4, -0.2) is 4.98 Å². The van der Waals surface area contributed by atoms with Gasteiger partial charge in [0.1, 0.15) is 0 Å². The van der Waals surface area contributed by atoms with E-state index in [0.29, 0.717) is 10.0 Å². The molecule has 0 fully saturated rings. The Balaban J connectivity index is 2.33. The molecule has 1 N–H and O–H groups in total. The van der Waals surface area contributed by atoms with Gasteiger partial charge in [-0.15, -0.1) is 0 Å². The van der Waals surface area contributed by atoms with E-state index in [-0.39, 0.29) is 0 Å². The van der Waals surface area contributed by atoms with Crippen molar-refractivity contribution in [3.63, 3.8) is 0 Å². The van der Waals surface area contributed by atoms with Gasteiger partial charge in [-0.25, -0.2) is 0 Å². The van der Waals surface area contributed by atoms with Crippen molar-refractivity contribution in [1.82, 2.24) is 4.98 Å². The van der Waals surface area contributed by atoms with E-state index < -0.39 is 0 Å². The van der Waals surface area contributed by atoms with Crippen LogP contribution in [0.25, 0.3) is 33.0 Å². The monoisotopic (exact) mass is 259 g/mol. The maximum Gasteiger partial charge on any atom is 0.0500 e. The Kier molecular flexibility index (Phi) is 1.73. The SMILES string of the molecule is Clc1ccc2c3c(ccc(Cl)c13)-c1c[nH]cc1-2. The minimum atomic E-state index is 0.713. The normalized spacial score (nSPS) is 12.1. The van der Waals surface area contributed by atoms with Crippen molar-refractivity contribution in [2.45, 2.75) is 0 Å². The first-order valence-corrected chi connectivity index (χ1v) is 6.11. The molecular formula is C14H7Cl2N. The molecule has 1 heterocycles. The highest BCUT2D eigenvalue weighted by atomic mass is 35.5. The summed E-state index contributed by atoms with van der Waals surface area (Å²) in [6.07, 6.45) is 4.04. The lowest BCUT2D eigenvalue weighted by molar-refractivity contribution is 1.41. The molecule has 0 amide bonds. The first kappa shape index (κ1) is 9.58. The maximum atomic E-state index is 6.25. The lowest BCUT2D eigenvalue weighted by Crippen LogP contribution is -1.80. The maximum absolute atomic E-state index is 6.25. The Labute approximate surface area is 108 Å². The average molecular weight is 260 g/mol. The van der Waals surface area contributed by atoms with E-state index in [1.165, 1.54) is 27.6 Å². The molecule has 17 heavy (non-hydrogen) atoms. The van der Waals surface area contributed by atoms with Gasteiger partial charge in [0.2, 0.25) is 0 Å². The van der Waals surface area contributed by atoms with Crippen molar-refractivity contribution in [2.75, 3.05) is 0 Å². The summed E-state index contributed by atoms with van der Waals surface area (Å²) in [5.74, 6) is 0. The van der Waals surface area contributed by atoms with Crippen molar-refractivity contribution in [3.05, 3.63) is 46.7 Å². The highest BCUT2D eigenvalue weighted by molar-refractivity contribution is 6.44. The van der Waals surface area contributed by atoms with Gasteiger partial charge in [-0.1, -0.05) is 35.3 Å². The van der Waals surface area contributed by atoms with Crippen molar-refractivity contribution in [2.24, 2.45) is 0 Å². The molecule has 0 spiro atoms. The fraction of sp³-hybridized carbons (Fsp3) is 0. The molecule has 0 bridgehead atoms. The Morgan fingerprint density at radius 1 is 0.647 bits per heavy atom. The van der Waals surface area contributed by atoms with Crippen LogP contribution in [0, 0.1) is 0 Å². The van der Waals surface area contributed by atoms with Crippen LogP contribution in [0.5, 0.6) is 0 Å². The fourth-order valence-electron chi connectivity index (χ4n) is 2.67. The van der Waals surface area contributed by atoms with Crippen molar-refractivity contribution in [3.8, 4) is 22.3 Å². The zero-order valence-electron chi connectivity index (χ0n) is 8.72. The summed E-state index contributed by atoms with van der Waals surface area (Å²) in [5, 5.41) is 3.55. The van der Waals surface area contributed by atoms with Crippen LogP contribution in [0.15, 0.2) is 36.7 Å². The number of benzene rings is 2. The first-order valence-electron chi connectivity index (χ1n) is 5.35. The molecule has 1 aromatic heterocycles. The van der Waals surface area contributed by atoms with Crippen molar-refractivity contribution < 1.29 is 0 Å². The second kappa shape index (κ2) is 3.06. The molecule has 0 aliphatic heterocycles. The predicted octanol–water partition coefficient (Wildman–Crippen LogP) is 5.12. The quantitative estimate of drug-likeness (QED) is 0.451. The van der Waals surface area contributed by atoms with Crippen LogP contribution < -0.4 is 0 Å². The van der Waals surface area contributed by atoms with Gasteiger partial charge >= 0.3 is 0 Å². The van der Waals surface area contributed by atoms with Gasteiger partial charge < -0.3 is 4.98 Å². The summed E-state index contributed by atoms with van der Waals surface area (Å²) < 4.78 is 0. The molecular weight excluding hydrogens is 253 g/mol.